The van der Waals surface area contributed by atoms with Gasteiger partial charge in [0.25, 0.3) is 0 Å². The Hall–Kier alpha value is -1.52. The van der Waals surface area contributed by atoms with E-state index in [-0.39, 0.29) is 12.2 Å². The van der Waals surface area contributed by atoms with Gasteiger partial charge in [0.15, 0.2) is 0 Å². The van der Waals surface area contributed by atoms with Crippen LogP contribution in [0.1, 0.15) is 21.5 Å². The predicted molar refractivity (Wildman–Crippen MR) is 81.6 cm³/mol. The largest absolute Gasteiger partial charge is 0.487 e. The van der Waals surface area contributed by atoms with Crippen molar-refractivity contribution in [3.63, 3.8) is 0 Å². The molecule has 2 aromatic carbocycles. The fourth-order valence-electron chi connectivity index (χ4n) is 1.78. The summed E-state index contributed by atoms with van der Waals surface area (Å²) in [4.78, 5) is 11.2. The quantitative estimate of drug-likeness (QED) is 0.865. The number of aromatic carboxylic acids is 1. The van der Waals surface area contributed by atoms with Crippen LogP contribution >= 0.6 is 27.5 Å². The average molecular weight is 356 g/mol. The van der Waals surface area contributed by atoms with Crippen molar-refractivity contribution < 1.29 is 14.6 Å². The van der Waals surface area contributed by atoms with E-state index in [1.165, 1.54) is 0 Å². The first-order valence-corrected chi connectivity index (χ1v) is 7.06. The minimum Gasteiger partial charge on any atom is -0.487 e. The lowest BCUT2D eigenvalue weighted by molar-refractivity contribution is 0.0694. The summed E-state index contributed by atoms with van der Waals surface area (Å²) in [6.07, 6.45) is 0. The summed E-state index contributed by atoms with van der Waals surface area (Å²) in [5.41, 5.74) is 1.83. The maximum absolute atomic E-state index is 11.2. The standard InChI is InChI=1S/C15H12BrClO3/c1-9-5-6-14(13(17)7-9)20-8-11-10(15(18)19)3-2-4-12(11)16/h2-7H,8H2,1H3,(H,18,19). The normalized spacial score (nSPS) is 10.3. The maximum Gasteiger partial charge on any atom is 0.336 e. The summed E-state index contributed by atoms with van der Waals surface area (Å²) >= 11 is 9.43. The van der Waals surface area contributed by atoms with Gasteiger partial charge in [0.1, 0.15) is 12.4 Å². The van der Waals surface area contributed by atoms with Crippen molar-refractivity contribution in [1.82, 2.24) is 0 Å². The van der Waals surface area contributed by atoms with Crippen molar-refractivity contribution >= 4 is 33.5 Å². The van der Waals surface area contributed by atoms with Gasteiger partial charge in [0.05, 0.1) is 10.6 Å². The highest BCUT2D eigenvalue weighted by Gasteiger charge is 2.14. The summed E-state index contributed by atoms with van der Waals surface area (Å²) in [7, 11) is 0. The number of hydrogen-bond acceptors (Lipinski definition) is 2. The van der Waals surface area contributed by atoms with E-state index in [1.807, 2.05) is 13.0 Å². The molecule has 0 bridgehead atoms. The Balaban J connectivity index is 2.25. The van der Waals surface area contributed by atoms with Gasteiger partial charge in [-0.15, -0.1) is 0 Å². The molecule has 5 heteroatoms. The van der Waals surface area contributed by atoms with Crippen molar-refractivity contribution in [1.29, 1.82) is 0 Å². The topological polar surface area (TPSA) is 46.5 Å². The summed E-state index contributed by atoms with van der Waals surface area (Å²) in [6, 6.07) is 10.5. The SMILES string of the molecule is Cc1ccc(OCc2c(Br)cccc2C(=O)O)c(Cl)c1. The smallest absolute Gasteiger partial charge is 0.336 e. The second-order valence-electron chi connectivity index (χ2n) is 4.29. The van der Waals surface area contributed by atoms with Crippen LogP contribution in [-0.2, 0) is 6.61 Å². The summed E-state index contributed by atoms with van der Waals surface area (Å²) in [5.74, 6) is -0.454. The molecule has 0 aliphatic carbocycles. The third-order valence-electron chi connectivity index (χ3n) is 2.81. The van der Waals surface area contributed by atoms with Crippen LogP contribution in [0.4, 0.5) is 0 Å². The highest BCUT2D eigenvalue weighted by atomic mass is 79.9. The molecule has 0 saturated heterocycles. The van der Waals surface area contributed by atoms with Crippen LogP contribution in [-0.4, -0.2) is 11.1 Å². The molecule has 0 aliphatic heterocycles. The highest BCUT2D eigenvalue weighted by Crippen LogP contribution is 2.28. The van der Waals surface area contributed by atoms with Gasteiger partial charge < -0.3 is 9.84 Å². The zero-order valence-corrected chi connectivity index (χ0v) is 13.0. The van der Waals surface area contributed by atoms with Crippen LogP contribution in [0.15, 0.2) is 40.9 Å². The molecule has 0 fully saturated rings. The number of ether oxygens (including phenoxy) is 1. The van der Waals surface area contributed by atoms with Gasteiger partial charge in [-0.05, 0) is 36.8 Å². The van der Waals surface area contributed by atoms with Crippen molar-refractivity contribution in [2.24, 2.45) is 0 Å². The minimum atomic E-state index is -0.986. The number of hydrogen-bond donors (Lipinski definition) is 1. The number of aryl methyl sites for hydroxylation is 1. The van der Waals surface area contributed by atoms with Crippen LogP contribution in [0.5, 0.6) is 5.75 Å². The lowest BCUT2D eigenvalue weighted by Gasteiger charge is -2.12. The number of carbonyl (C=O) groups is 1. The molecule has 0 atom stereocenters. The summed E-state index contributed by atoms with van der Waals surface area (Å²) in [6.45, 7) is 2.07. The van der Waals surface area contributed by atoms with Crippen LogP contribution in [0.25, 0.3) is 0 Å². The molecular formula is C15H12BrClO3. The molecule has 1 N–H and O–H groups in total. The molecule has 0 aromatic heterocycles. The van der Waals surface area contributed by atoms with Gasteiger partial charge in [-0.1, -0.05) is 39.7 Å². The second kappa shape index (κ2) is 6.29. The minimum absolute atomic E-state index is 0.131. The molecule has 2 aromatic rings. The lowest BCUT2D eigenvalue weighted by Crippen LogP contribution is -2.06. The van der Waals surface area contributed by atoms with E-state index in [1.54, 1.807) is 30.3 Å². The van der Waals surface area contributed by atoms with E-state index < -0.39 is 5.97 Å². The number of carboxylic acid groups (broad SMARTS) is 1. The molecule has 0 amide bonds. The van der Waals surface area contributed by atoms with E-state index in [2.05, 4.69) is 15.9 Å². The van der Waals surface area contributed by atoms with Gasteiger partial charge in [0.2, 0.25) is 0 Å². The molecule has 0 heterocycles. The Bertz CT molecular complexity index is 656. The highest BCUT2D eigenvalue weighted by molar-refractivity contribution is 9.10. The molecule has 0 aliphatic rings. The predicted octanol–water partition coefficient (Wildman–Crippen LogP) is 4.69. The van der Waals surface area contributed by atoms with Crippen molar-refractivity contribution in [2.75, 3.05) is 0 Å². The molecule has 104 valence electrons. The number of carboxylic acids is 1. The number of benzene rings is 2. The van der Waals surface area contributed by atoms with Crippen molar-refractivity contribution in [2.45, 2.75) is 13.5 Å². The Morgan fingerprint density at radius 2 is 2.10 bits per heavy atom. The molecule has 0 spiro atoms. The molecule has 3 nitrogen and oxygen atoms in total. The van der Waals surface area contributed by atoms with Gasteiger partial charge in [-0.3, -0.25) is 0 Å². The van der Waals surface area contributed by atoms with Gasteiger partial charge >= 0.3 is 5.97 Å². The maximum atomic E-state index is 11.2. The Morgan fingerprint density at radius 3 is 2.75 bits per heavy atom. The first-order chi connectivity index (χ1) is 9.49. The van der Waals surface area contributed by atoms with Gasteiger partial charge in [-0.2, -0.15) is 0 Å². The zero-order chi connectivity index (χ0) is 14.7. The van der Waals surface area contributed by atoms with Crippen LogP contribution in [0.2, 0.25) is 5.02 Å². The molecule has 20 heavy (non-hydrogen) atoms. The third-order valence-corrected chi connectivity index (χ3v) is 3.85. The average Bonchev–Trinajstić information content (AvgIpc) is 2.38. The van der Waals surface area contributed by atoms with Crippen molar-refractivity contribution in [3.8, 4) is 5.75 Å². The van der Waals surface area contributed by atoms with Crippen LogP contribution in [0.3, 0.4) is 0 Å². The first kappa shape index (κ1) is 14.9. The van der Waals surface area contributed by atoms with Crippen LogP contribution in [0, 0.1) is 6.92 Å². The first-order valence-electron chi connectivity index (χ1n) is 5.88. The summed E-state index contributed by atoms with van der Waals surface area (Å²) < 4.78 is 6.32. The van der Waals surface area contributed by atoms with E-state index in [4.69, 9.17) is 16.3 Å². The van der Waals surface area contributed by atoms with Crippen molar-refractivity contribution in [3.05, 3.63) is 62.6 Å². The zero-order valence-electron chi connectivity index (χ0n) is 10.7. The molecule has 0 unspecified atom stereocenters. The number of halogens is 2. The lowest BCUT2D eigenvalue weighted by atomic mass is 10.1. The second-order valence-corrected chi connectivity index (χ2v) is 5.56. The van der Waals surface area contributed by atoms with Gasteiger partial charge in [-0.25, -0.2) is 4.79 Å². The Labute approximate surface area is 130 Å². The molecule has 0 saturated carbocycles. The number of rotatable bonds is 4. The third kappa shape index (κ3) is 3.32. The molecule has 2 rings (SSSR count). The monoisotopic (exact) mass is 354 g/mol. The Morgan fingerprint density at radius 1 is 1.35 bits per heavy atom. The van der Waals surface area contributed by atoms with Crippen LogP contribution < -0.4 is 4.74 Å². The molecular weight excluding hydrogens is 344 g/mol. The van der Waals surface area contributed by atoms with E-state index >= 15 is 0 Å². The summed E-state index contributed by atoms with van der Waals surface area (Å²) in [5, 5.41) is 9.68. The Kier molecular flexibility index (Phi) is 4.68. The van der Waals surface area contributed by atoms with E-state index in [0.717, 1.165) is 5.56 Å². The fourth-order valence-corrected chi connectivity index (χ4v) is 2.55. The molecule has 0 radical (unpaired) electrons. The fraction of sp³-hybridized carbons (Fsp3) is 0.133. The van der Waals surface area contributed by atoms with E-state index in [9.17, 15) is 9.90 Å². The van der Waals surface area contributed by atoms with E-state index in [0.29, 0.717) is 20.8 Å². The van der Waals surface area contributed by atoms with Gasteiger partial charge in [0, 0.05) is 10.0 Å².